The number of ether oxygens (including phenoxy) is 1. The van der Waals surface area contributed by atoms with Crippen molar-refractivity contribution in [3.05, 3.63) is 29.8 Å². The number of nitrogens with zero attached hydrogens (tertiary/aromatic N) is 1. The maximum absolute atomic E-state index is 12.8. The van der Waals surface area contributed by atoms with Crippen LogP contribution in [-0.2, 0) is 24.3 Å². The van der Waals surface area contributed by atoms with E-state index < -0.39 is 34.0 Å². The smallest absolute Gasteiger partial charge is 0.328 e. The molecule has 0 radical (unpaired) electrons. The van der Waals surface area contributed by atoms with Crippen LogP contribution in [0.3, 0.4) is 0 Å². The molecule has 0 spiro atoms. The van der Waals surface area contributed by atoms with Gasteiger partial charge in [-0.1, -0.05) is 31.5 Å². The summed E-state index contributed by atoms with van der Waals surface area (Å²) in [7, 11) is -2.75. The summed E-state index contributed by atoms with van der Waals surface area (Å²) < 4.78 is 32.7. The summed E-state index contributed by atoms with van der Waals surface area (Å²) in [6.07, 6.45) is 0.469. The van der Waals surface area contributed by atoms with Crippen molar-refractivity contribution >= 4 is 27.9 Å². The van der Waals surface area contributed by atoms with Crippen molar-refractivity contribution in [3.8, 4) is 0 Å². The van der Waals surface area contributed by atoms with Gasteiger partial charge in [-0.25, -0.2) is 13.2 Å². The molecular formula is C19H31N5O5S. The van der Waals surface area contributed by atoms with Crippen LogP contribution in [0.2, 0.25) is 0 Å². The SMILES string of the molecule is COC(=O)[C@@H](NC(=O)[C@@H](CCCN=C(N)N)NS(=O)(=O)c1ccc(C)cc1)C(C)C. The average molecular weight is 442 g/mol. The highest BCUT2D eigenvalue weighted by Gasteiger charge is 2.31. The molecule has 0 saturated heterocycles. The number of amides is 1. The lowest BCUT2D eigenvalue weighted by molar-refractivity contribution is -0.146. The molecule has 1 rings (SSSR count). The first kappa shape index (κ1) is 25.4. The Morgan fingerprint density at radius 1 is 1.17 bits per heavy atom. The second kappa shape index (κ2) is 11.5. The van der Waals surface area contributed by atoms with E-state index in [1.54, 1.807) is 26.0 Å². The summed E-state index contributed by atoms with van der Waals surface area (Å²) in [5.41, 5.74) is 11.5. The van der Waals surface area contributed by atoms with Crippen LogP contribution in [0, 0.1) is 12.8 Å². The lowest BCUT2D eigenvalue weighted by Gasteiger charge is -2.24. The van der Waals surface area contributed by atoms with Crippen molar-refractivity contribution in [1.82, 2.24) is 10.0 Å². The maximum Gasteiger partial charge on any atom is 0.328 e. The Morgan fingerprint density at radius 3 is 2.27 bits per heavy atom. The molecule has 0 aliphatic carbocycles. The van der Waals surface area contributed by atoms with Gasteiger partial charge in [0.15, 0.2) is 5.96 Å². The number of carbonyl (C=O) groups is 2. The van der Waals surface area contributed by atoms with Crippen molar-refractivity contribution < 1.29 is 22.7 Å². The molecule has 1 aromatic rings. The lowest BCUT2D eigenvalue weighted by Crippen LogP contribution is -2.53. The molecule has 0 aliphatic rings. The molecule has 0 bridgehead atoms. The molecule has 30 heavy (non-hydrogen) atoms. The topological polar surface area (TPSA) is 166 Å². The van der Waals surface area contributed by atoms with Gasteiger partial charge in [0.25, 0.3) is 0 Å². The molecule has 0 fully saturated rings. The number of rotatable bonds is 11. The zero-order valence-corrected chi connectivity index (χ0v) is 18.5. The predicted molar refractivity (Wildman–Crippen MR) is 114 cm³/mol. The summed E-state index contributed by atoms with van der Waals surface area (Å²) in [6, 6.07) is 4.19. The lowest BCUT2D eigenvalue weighted by atomic mass is 10.0. The molecule has 2 atom stereocenters. The van der Waals surface area contributed by atoms with Gasteiger partial charge in [0.05, 0.1) is 12.0 Å². The van der Waals surface area contributed by atoms with Gasteiger partial charge in [0.2, 0.25) is 15.9 Å². The molecule has 1 amide bonds. The Kier molecular flexibility index (Phi) is 9.73. The fraction of sp³-hybridized carbons (Fsp3) is 0.526. The second-order valence-corrected chi connectivity index (χ2v) is 8.90. The Balaban J connectivity index is 3.05. The number of carbonyl (C=O) groups excluding carboxylic acids is 2. The van der Waals surface area contributed by atoms with Gasteiger partial charge < -0.3 is 21.5 Å². The third kappa shape index (κ3) is 7.99. The summed E-state index contributed by atoms with van der Waals surface area (Å²) >= 11 is 0. The van der Waals surface area contributed by atoms with Crippen molar-refractivity contribution in [2.24, 2.45) is 22.4 Å². The minimum absolute atomic E-state index is 0.0310. The van der Waals surface area contributed by atoms with E-state index in [2.05, 4.69) is 15.0 Å². The molecule has 168 valence electrons. The Labute approximate surface area is 177 Å². The zero-order chi connectivity index (χ0) is 22.9. The summed E-state index contributed by atoms with van der Waals surface area (Å²) in [5.74, 6) is -1.60. The zero-order valence-electron chi connectivity index (χ0n) is 17.7. The number of esters is 1. The van der Waals surface area contributed by atoms with E-state index in [0.29, 0.717) is 6.42 Å². The number of aliphatic imine (C=N–C) groups is 1. The summed E-state index contributed by atoms with van der Waals surface area (Å²) in [4.78, 5) is 28.7. The molecule has 0 unspecified atom stereocenters. The van der Waals surface area contributed by atoms with Crippen molar-refractivity contribution in [3.63, 3.8) is 0 Å². The van der Waals surface area contributed by atoms with Crippen LogP contribution in [0.15, 0.2) is 34.2 Å². The van der Waals surface area contributed by atoms with Gasteiger partial charge in [0.1, 0.15) is 12.1 Å². The maximum atomic E-state index is 12.8. The average Bonchev–Trinajstić information content (AvgIpc) is 2.67. The number of benzene rings is 1. The number of sulfonamides is 1. The molecule has 10 nitrogen and oxygen atoms in total. The molecule has 0 aliphatic heterocycles. The van der Waals surface area contributed by atoms with E-state index in [4.69, 9.17) is 16.2 Å². The first-order chi connectivity index (χ1) is 14.0. The van der Waals surface area contributed by atoms with E-state index in [1.807, 2.05) is 6.92 Å². The Bertz CT molecular complexity index is 849. The predicted octanol–water partition coefficient (Wildman–Crippen LogP) is 0.00932. The van der Waals surface area contributed by atoms with E-state index in [0.717, 1.165) is 5.56 Å². The number of aryl methyl sites for hydroxylation is 1. The number of nitrogens with two attached hydrogens (primary N) is 2. The largest absolute Gasteiger partial charge is 0.467 e. The van der Waals surface area contributed by atoms with Gasteiger partial charge in [-0.2, -0.15) is 4.72 Å². The third-order valence-electron chi connectivity index (χ3n) is 4.31. The highest BCUT2D eigenvalue weighted by atomic mass is 32.2. The van der Waals surface area contributed by atoms with Crippen LogP contribution in [-0.4, -0.2) is 52.0 Å². The number of nitrogens with one attached hydrogen (secondary N) is 2. The van der Waals surface area contributed by atoms with Crippen LogP contribution in [0.5, 0.6) is 0 Å². The highest BCUT2D eigenvalue weighted by Crippen LogP contribution is 2.13. The molecule has 11 heteroatoms. The third-order valence-corrected chi connectivity index (χ3v) is 5.80. The van der Waals surface area contributed by atoms with Crippen molar-refractivity contribution in [1.29, 1.82) is 0 Å². The molecular weight excluding hydrogens is 410 g/mol. The van der Waals surface area contributed by atoms with Crippen LogP contribution in [0.1, 0.15) is 32.3 Å². The number of hydrogen-bond donors (Lipinski definition) is 4. The van der Waals surface area contributed by atoms with Gasteiger partial charge in [-0.15, -0.1) is 0 Å². The molecule has 6 N–H and O–H groups in total. The van der Waals surface area contributed by atoms with Crippen LogP contribution >= 0.6 is 0 Å². The monoisotopic (exact) mass is 441 g/mol. The normalized spacial score (nSPS) is 13.4. The second-order valence-electron chi connectivity index (χ2n) is 7.19. The Hall–Kier alpha value is -2.66. The van der Waals surface area contributed by atoms with Gasteiger partial charge in [-0.3, -0.25) is 9.79 Å². The molecule has 0 heterocycles. The molecule has 0 saturated carbocycles. The van der Waals surface area contributed by atoms with Gasteiger partial charge in [-0.05, 0) is 37.8 Å². The summed E-state index contributed by atoms with van der Waals surface area (Å²) in [5, 5.41) is 2.57. The van der Waals surface area contributed by atoms with Crippen LogP contribution < -0.4 is 21.5 Å². The summed E-state index contributed by atoms with van der Waals surface area (Å²) in [6.45, 7) is 5.55. The van der Waals surface area contributed by atoms with Crippen molar-refractivity contribution in [2.75, 3.05) is 13.7 Å². The first-order valence-electron chi connectivity index (χ1n) is 9.50. The minimum Gasteiger partial charge on any atom is -0.467 e. The fourth-order valence-corrected chi connectivity index (χ4v) is 3.83. The number of guanidine groups is 1. The molecule has 1 aromatic carbocycles. The highest BCUT2D eigenvalue weighted by molar-refractivity contribution is 7.89. The fourth-order valence-electron chi connectivity index (χ4n) is 2.60. The van der Waals surface area contributed by atoms with Crippen LogP contribution in [0.4, 0.5) is 0 Å². The van der Waals surface area contributed by atoms with Crippen molar-refractivity contribution in [2.45, 2.75) is 50.6 Å². The van der Waals surface area contributed by atoms with Crippen LogP contribution in [0.25, 0.3) is 0 Å². The van der Waals surface area contributed by atoms with E-state index >= 15 is 0 Å². The minimum atomic E-state index is -3.97. The standard InChI is InChI=1S/C19H31N5O5S/c1-12(2)16(18(26)29-4)23-17(25)15(6-5-11-22-19(20)21)24-30(27,28)14-9-7-13(3)8-10-14/h7-10,12,15-16,24H,5-6,11H2,1-4H3,(H,23,25)(H4,20,21,22)/t15-,16+/m1/s1. The van der Waals surface area contributed by atoms with E-state index in [9.17, 15) is 18.0 Å². The number of methoxy groups -OCH3 is 1. The number of hydrogen-bond acceptors (Lipinski definition) is 6. The van der Waals surface area contributed by atoms with Gasteiger partial charge in [0, 0.05) is 6.54 Å². The first-order valence-corrected chi connectivity index (χ1v) is 11.0. The van der Waals surface area contributed by atoms with E-state index in [-0.39, 0.29) is 29.7 Å². The van der Waals surface area contributed by atoms with Gasteiger partial charge >= 0.3 is 5.97 Å². The molecule has 0 aromatic heterocycles. The Morgan fingerprint density at radius 2 is 1.77 bits per heavy atom. The van der Waals surface area contributed by atoms with E-state index in [1.165, 1.54) is 19.2 Å². The quantitative estimate of drug-likeness (QED) is 0.162.